The molecule has 0 spiro atoms. The minimum Gasteiger partial charge on any atom is -0.297 e. The third-order valence-electron chi connectivity index (χ3n) is 1.86. The molecule has 0 bridgehead atoms. The Kier molecular flexibility index (Phi) is 6.22. The van der Waals surface area contributed by atoms with E-state index in [0.29, 0.717) is 6.54 Å². The Morgan fingerprint density at radius 1 is 1.43 bits per heavy atom. The van der Waals surface area contributed by atoms with Crippen molar-refractivity contribution in [2.24, 2.45) is 0 Å². The van der Waals surface area contributed by atoms with Crippen LogP contribution in [0.1, 0.15) is 33.1 Å². The van der Waals surface area contributed by atoms with Gasteiger partial charge in [0.25, 0.3) is 10.1 Å². The second kappa shape index (κ2) is 6.31. The van der Waals surface area contributed by atoms with Gasteiger partial charge in [-0.2, -0.15) is 8.42 Å². The molecule has 0 aromatic rings. The standard InChI is InChI=1S/C8H18FNO3S/c1-3-4-5-6-10-8(7(2)9)14(11,12)13/h7-8,10H,3-6H2,1-2H3,(H,11,12,13). The SMILES string of the molecule is CCCCCNC(C(C)F)S(=O)(=O)O. The minimum absolute atomic E-state index is 0.395. The van der Waals surface area contributed by atoms with E-state index in [1.54, 1.807) is 0 Å². The van der Waals surface area contributed by atoms with E-state index < -0.39 is 21.7 Å². The molecule has 0 saturated carbocycles. The van der Waals surface area contributed by atoms with E-state index in [0.717, 1.165) is 26.2 Å². The predicted octanol–water partition coefficient (Wildman–Crippen LogP) is 1.34. The monoisotopic (exact) mass is 227 g/mol. The number of nitrogens with one attached hydrogen (secondary N) is 1. The second-order valence-electron chi connectivity index (χ2n) is 3.27. The van der Waals surface area contributed by atoms with Gasteiger partial charge in [-0.25, -0.2) is 4.39 Å². The van der Waals surface area contributed by atoms with E-state index >= 15 is 0 Å². The van der Waals surface area contributed by atoms with E-state index in [2.05, 4.69) is 5.32 Å². The van der Waals surface area contributed by atoms with Gasteiger partial charge in [-0.1, -0.05) is 19.8 Å². The highest BCUT2D eigenvalue weighted by molar-refractivity contribution is 7.86. The lowest BCUT2D eigenvalue weighted by Crippen LogP contribution is -2.43. The molecule has 0 radical (unpaired) electrons. The molecule has 0 aliphatic carbocycles. The molecule has 2 unspecified atom stereocenters. The van der Waals surface area contributed by atoms with Crippen molar-refractivity contribution in [3.63, 3.8) is 0 Å². The lowest BCUT2D eigenvalue weighted by Gasteiger charge is -2.16. The Morgan fingerprint density at radius 2 is 2.00 bits per heavy atom. The Bertz CT molecular complexity index is 241. The third kappa shape index (κ3) is 5.51. The van der Waals surface area contributed by atoms with Gasteiger partial charge in [0, 0.05) is 0 Å². The fourth-order valence-electron chi connectivity index (χ4n) is 1.12. The molecule has 0 aliphatic rings. The summed E-state index contributed by atoms with van der Waals surface area (Å²) in [4.78, 5) is 0. The van der Waals surface area contributed by atoms with Crippen molar-refractivity contribution in [1.29, 1.82) is 0 Å². The zero-order valence-electron chi connectivity index (χ0n) is 8.53. The number of halogens is 1. The Labute approximate surface area is 84.6 Å². The van der Waals surface area contributed by atoms with Crippen LogP contribution in [0.15, 0.2) is 0 Å². The van der Waals surface area contributed by atoms with Crippen LogP contribution >= 0.6 is 0 Å². The first-order valence-electron chi connectivity index (χ1n) is 4.73. The molecule has 0 aliphatic heterocycles. The lowest BCUT2D eigenvalue weighted by molar-refractivity contribution is 0.301. The average molecular weight is 227 g/mol. The highest BCUT2D eigenvalue weighted by atomic mass is 32.2. The quantitative estimate of drug-likeness (QED) is 0.509. The van der Waals surface area contributed by atoms with Gasteiger partial charge in [-0.15, -0.1) is 0 Å². The van der Waals surface area contributed by atoms with Crippen LogP contribution in [0, 0.1) is 0 Å². The Balaban J connectivity index is 4.01. The number of unbranched alkanes of at least 4 members (excludes halogenated alkanes) is 2. The number of hydrogen-bond donors (Lipinski definition) is 2. The molecule has 6 heteroatoms. The maximum Gasteiger partial charge on any atom is 0.284 e. The number of hydrogen-bond acceptors (Lipinski definition) is 3. The molecule has 86 valence electrons. The first-order chi connectivity index (χ1) is 6.39. The van der Waals surface area contributed by atoms with E-state index in [9.17, 15) is 12.8 Å². The van der Waals surface area contributed by atoms with Crippen molar-refractivity contribution in [3.8, 4) is 0 Å². The highest BCUT2D eigenvalue weighted by Gasteiger charge is 2.28. The molecule has 0 fully saturated rings. The normalized spacial score (nSPS) is 16.6. The van der Waals surface area contributed by atoms with Gasteiger partial charge < -0.3 is 0 Å². The minimum atomic E-state index is -4.34. The molecule has 0 heterocycles. The van der Waals surface area contributed by atoms with Crippen LogP contribution in [-0.4, -0.2) is 31.1 Å². The van der Waals surface area contributed by atoms with Crippen LogP contribution in [0.3, 0.4) is 0 Å². The van der Waals surface area contributed by atoms with Gasteiger partial charge in [0.1, 0.15) is 6.17 Å². The molecule has 0 aromatic heterocycles. The maximum atomic E-state index is 12.8. The summed E-state index contributed by atoms with van der Waals surface area (Å²) in [6.45, 7) is 3.51. The van der Waals surface area contributed by atoms with Crippen LogP contribution in [0.4, 0.5) is 4.39 Å². The van der Waals surface area contributed by atoms with E-state index in [-0.39, 0.29) is 0 Å². The summed E-state index contributed by atoms with van der Waals surface area (Å²) >= 11 is 0. The smallest absolute Gasteiger partial charge is 0.284 e. The van der Waals surface area contributed by atoms with Gasteiger partial charge >= 0.3 is 0 Å². The van der Waals surface area contributed by atoms with E-state index in [4.69, 9.17) is 4.55 Å². The zero-order valence-corrected chi connectivity index (χ0v) is 9.35. The number of alkyl halides is 1. The first kappa shape index (κ1) is 13.8. The molecule has 0 rings (SSSR count). The summed E-state index contributed by atoms with van der Waals surface area (Å²) in [5.74, 6) is 0. The van der Waals surface area contributed by atoms with Crippen molar-refractivity contribution in [2.75, 3.05) is 6.54 Å². The highest BCUT2D eigenvalue weighted by Crippen LogP contribution is 2.05. The van der Waals surface area contributed by atoms with Crippen molar-refractivity contribution >= 4 is 10.1 Å². The lowest BCUT2D eigenvalue weighted by atomic mass is 10.2. The summed E-state index contributed by atoms with van der Waals surface area (Å²) in [7, 11) is -4.34. The van der Waals surface area contributed by atoms with Gasteiger partial charge in [0.05, 0.1) is 0 Å². The fourth-order valence-corrected chi connectivity index (χ4v) is 1.93. The summed E-state index contributed by atoms with van der Waals surface area (Å²) in [5.41, 5.74) is 0. The summed E-state index contributed by atoms with van der Waals surface area (Å²) in [5, 5.41) is 0.980. The summed E-state index contributed by atoms with van der Waals surface area (Å²) in [6.07, 6.45) is 1.11. The largest absolute Gasteiger partial charge is 0.297 e. The van der Waals surface area contributed by atoms with Crippen molar-refractivity contribution < 1.29 is 17.4 Å². The average Bonchev–Trinajstić information content (AvgIpc) is 2.01. The molecular formula is C8H18FNO3S. The molecule has 4 nitrogen and oxygen atoms in total. The fraction of sp³-hybridized carbons (Fsp3) is 1.00. The van der Waals surface area contributed by atoms with Crippen LogP contribution < -0.4 is 5.32 Å². The molecular weight excluding hydrogens is 209 g/mol. The maximum absolute atomic E-state index is 12.8. The third-order valence-corrected chi connectivity index (χ3v) is 3.05. The van der Waals surface area contributed by atoms with Gasteiger partial charge in [-0.3, -0.25) is 9.87 Å². The first-order valence-corrected chi connectivity index (χ1v) is 6.23. The zero-order chi connectivity index (χ0) is 11.2. The van der Waals surface area contributed by atoms with E-state index in [1.165, 1.54) is 0 Å². The Morgan fingerprint density at radius 3 is 2.36 bits per heavy atom. The van der Waals surface area contributed by atoms with Gasteiger partial charge in [0.15, 0.2) is 5.37 Å². The molecule has 0 saturated heterocycles. The topological polar surface area (TPSA) is 66.4 Å². The predicted molar refractivity (Wildman–Crippen MR) is 53.4 cm³/mol. The van der Waals surface area contributed by atoms with E-state index in [1.807, 2.05) is 6.92 Å². The summed E-state index contributed by atoms with van der Waals surface area (Å²) in [6, 6.07) is 0. The second-order valence-corrected chi connectivity index (χ2v) is 4.81. The van der Waals surface area contributed by atoms with Crippen molar-refractivity contribution in [3.05, 3.63) is 0 Å². The van der Waals surface area contributed by atoms with Crippen LogP contribution in [-0.2, 0) is 10.1 Å². The molecule has 2 N–H and O–H groups in total. The van der Waals surface area contributed by atoms with Gasteiger partial charge in [-0.05, 0) is 19.9 Å². The van der Waals surface area contributed by atoms with Crippen LogP contribution in [0.2, 0.25) is 0 Å². The molecule has 0 amide bonds. The Hall–Kier alpha value is -0.200. The number of rotatable bonds is 7. The van der Waals surface area contributed by atoms with Crippen molar-refractivity contribution in [1.82, 2.24) is 5.32 Å². The molecule has 14 heavy (non-hydrogen) atoms. The van der Waals surface area contributed by atoms with Crippen molar-refractivity contribution in [2.45, 2.75) is 44.7 Å². The summed E-state index contributed by atoms with van der Waals surface area (Å²) < 4.78 is 42.8. The molecule has 2 atom stereocenters. The van der Waals surface area contributed by atoms with Crippen LogP contribution in [0.25, 0.3) is 0 Å². The van der Waals surface area contributed by atoms with Gasteiger partial charge in [0.2, 0.25) is 0 Å². The van der Waals surface area contributed by atoms with Crippen LogP contribution in [0.5, 0.6) is 0 Å². The molecule has 0 aromatic carbocycles.